The minimum absolute atomic E-state index is 0.327. The molecular weight excluding hydrogens is 354 g/mol. The van der Waals surface area contributed by atoms with Crippen molar-refractivity contribution in [3.05, 3.63) is 58.0 Å². The first kappa shape index (κ1) is 19.8. The Hall–Kier alpha value is -2.47. The van der Waals surface area contributed by atoms with Crippen molar-refractivity contribution in [2.24, 2.45) is 4.99 Å². The molecule has 26 heavy (non-hydrogen) atoms. The first-order valence-electron chi connectivity index (χ1n) is 8.47. The molecule has 0 aliphatic carbocycles. The van der Waals surface area contributed by atoms with Crippen molar-refractivity contribution >= 4 is 23.5 Å². The zero-order chi connectivity index (χ0) is 18.9. The number of nitrogens with one attached hydrogen (secondary N) is 2. The molecule has 2 aromatic rings. The van der Waals surface area contributed by atoms with E-state index < -0.39 is 5.97 Å². The number of guanidine groups is 1. The molecule has 140 valence electrons. The molecule has 0 saturated heterocycles. The molecule has 0 aliphatic heterocycles. The van der Waals surface area contributed by atoms with Gasteiger partial charge in [-0.3, -0.25) is 0 Å². The highest BCUT2D eigenvalue weighted by molar-refractivity contribution is 6.30. The fourth-order valence-electron chi connectivity index (χ4n) is 2.41. The van der Waals surface area contributed by atoms with Crippen molar-refractivity contribution in [3.63, 3.8) is 0 Å². The van der Waals surface area contributed by atoms with Gasteiger partial charge >= 0.3 is 5.97 Å². The molecule has 1 aromatic carbocycles. The number of aryl methyl sites for hydroxylation is 1. The van der Waals surface area contributed by atoms with Gasteiger partial charge in [0.2, 0.25) is 0 Å². The molecule has 0 spiro atoms. The first-order valence-corrected chi connectivity index (χ1v) is 8.85. The molecule has 0 radical (unpaired) electrons. The quantitative estimate of drug-likeness (QED) is 0.439. The lowest BCUT2D eigenvalue weighted by Crippen LogP contribution is -2.38. The number of furan rings is 1. The molecule has 1 aromatic heterocycles. The van der Waals surface area contributed by atoms with E-state index in [-0.39, 0.29) is 0 Å². The molecule has 0 unspecified atom stereocenters. The monoisotopic (exact) mass is 377 g/mol. The van der Waals surface area contributed by atoms with Crippen molar-refractivity contribution < 1.29 is 13.9 Å². The fraction of sp³-hybridized carbons (Fsp3) is 0.368. The number of rotatable bonds is 7. The summed E-state index contributed by atoms with van der Waals surface area (Å²) in [6.07, 6.45) is 0.855. The van der Waals surface area contributed by atoms with E-state index in [0.29, 0.717) is 29.6 Å². The number of nitrogens with zero attached hydrogens (tertiary/aromatic N) is 1. The second-order valence-electron chi connectivity index (χ2n) is 5.67. The van der Waals surface area contributed by atoms with Crippen LogP contribution in [0, 0.1) is 6.92 Å². The minimum atomic E-state index is -0.408. The van der Waals surface area contributed by atoms with Gasteiger partial charge in [0.05, 0.1) is 7.11 Å². The Balaban J connectivity index is 1.93. The van der Waals surface area contributed by atoms with Crippen LogP contribution >= 0.6 is 11.6 Å². The Bertz CT molecular complexity index is 754. The van der Waals surface area contributed by atoms with E-state index >= 15 is 0 Å². The molecule has 6 nitrogen and oxygen atoms in total. The molecule has 0 fully saturated rings. The molecule has 0 atom stereocenters. The number of hydrogen-bond acceptors (Lipinski definition) is 4. The van der Waals surface area contributed by atoms with E-state index in [0.717, 1.165) is 24.5 Å². The lowest BCUT2D eigenvalue weighted by Gasteiger charge is -2.11. The third-order valence-corrected chi connectivity index (χ3v) is 3.98. The number of esters is 1. The Labute approximate surface area is 158 Å². The van der Waals surface area contributed by atoms with Crippen LogP contribution in [0.1, 0.15) is 34.4 Å². The third kappa shape index (κ3) is 5.81. The van der Waals surface area contributed by atoms with Gasteiger partial charge in [0.25, 0.3) is 0 Å². The van der Waals surface area contributed by atoms with Gasteiger partial charge in [-0.25, -0.2) is 9.79 Å². The molecule has 1 heterocycles. The summed E-state index contributed by atoms with van der Waals surface area (Å²) in [7, 11) is 1.35. The van der Waals surface area contributed by atoms with Crippen molar-refractivity contribution in [1.29, 1.82) is 0 Å². The van der Waals surface area contributed by atoms with Crippen molar-refractivity contribution in [3.8, 4) is 0 Å². The topological polar surface area (TPSA) is 75.9 Å². The maximum atomic E-state index is 11.6. The van der Waals surface area contributed by atoms with Gasteiger partial charge in [-0.15, -0.1) is 0 Å². The van der Waals surface area contributed by atoms with Crippen molar-refractivity contribution in [2.45, 2.75) is 26.8 Å². The van der Waals surface area contributed by atoms with E-state index in [1.807, 2.05) is 31.2 Å². The number of carbonyl (C=O) groups is 1. The van der Waals surface area contributed by atoms with Gasteiger partial charge in [0.15, 0.2) is 5.96 Å². The maximum absolute atomic E-state index is 11.6. The van der Waals surface area contributed by atoms with Gasteiger partial charge in [-0.2, -0.15) is 0 Å². The van der Waals surface area contributed by atoms with Gasteiger partial charge < -0.3 is 19.8 Å². The zero-order valence-corrected chi connectivity index (χ0v) is 16.0. The van der Waals surface area contributed by atoms with E-state index in [4.69, 9.17) is 20.8 Å². The fourth-order valence-corrected chi connectivity index (χ4v) is 2.54. The number of aliphatic imine (C=N–C) groups is 1. The highest BCUT2D eigenvalue weighted by atomic mass is 35.5. The van der Waals surface area contributed by atoms with Crippen LogP contribution < -0.4 is 10.6 Å². The number of methoxy groups -OCH3 is 1. The number of halogens is 1. The standard InChI is InChI=1S/C19H24ClN3O3/c1-4-21-19(22-10-9-14-5-7-15(20)8-6-14)23-12-16-11-17(13(2)26-16)18(24)25-3/h5-8,11H,4,9-10,12H2,1-3H3,(H2,21,22,23). The van der Waals surface area contributed by atoms with Crippen LogP contribution in [-0.4, -0.2) is 32.1 Å². The Morgan fingerprint density at radius 2 is 2.00 bits per heavy atom. The normalized spacial score (nSPS) is 11.3. The number of hydrogen-bond donors (Lipinski definition) is 2. The van der Waals surface area contributed by atoms with Crippen LogP contribution in [0.2, 0.25) is 5.02 Å². The van der Waals surface area contributed by atoms with Gasteiger partial charge in [0.1, 0.15) is 23.6 Å². The summed E-state index contributed by atoms with van der Waals surface area (Å²) in [6.45, 7) is 5.54. The predicted octanol–water partition coefficient (Wildman–Crippen LogP) is 3.33. The van der Waals surface area contributed by atoms with Gasteiger partial charge in [0, 0.05) is 18.1 Å². The smallest absolute Gasteiger partial charge is 0.341 e. The van der Waals surface area contributed by atoms with Gasteiger partial charge in [-0.05, 0) is 44.0 Å². The molecule has 0 bridgehead atoms. The number of ether oxygens (including phenoxy) is 1. The lowest BCUT2D eigenvalue weighted by atomic mass is 10.1. The summed E-state index contributed by atoms with van der Waals surface area (Å²) in [5, 5.41) is 7.20. The Morgan fingerprint density at radius 3 is 2.65 bits per heavy atom. The molecule has 0 amide bonds. The Morgan fingerprint density at radius 1 is 1.27 bits per heavy atom. The molecule has 0 aliphatic rings. The van der Waals surface area contributed by atoms with Crippen LogP contribution in [0.4, 0.5) is 0 Å². The second kappa shape index (κ2) is 9.87. The molecule has 7 heteroatoms. The average Bonchev–Trinajstić information content (AvgIpc) is 3.01. The molecule has 0 saturated carbocycles. The lowest BCUT2D eigenvalue weighted by molar-refractivity contribution is 0.0599. The largest absolute Gasteiger partial charge is 0.465 e. The maximum Gasteiger partial charge on any atom is 0.341 e. The van der Waals surface area contributed by atoms with Gasteiger partial charge in [-0.1, -0.05) is 23.7 Å². The summed E-state index contributed by atoms with van der Waals surface area (Å²) in [4.78, 5) is 16.1. The van der Waals surface area contributed by atoms with E-state index in [9.17, 15) is 4.79 Å². The predicted molar refractivity (Wildman–Crippen MR) is 103 cm³/mol. The first-order chi connectivity index (χ1) is 12.5. The van der Waals surface area contributed by atoms with Crippen molar-refractivity contribution in [1.82, 2.24) is 10.6 Å². The second-order valence-corrected chi connectivity index (χ2v) is 6.11. The minimum Gasteiger partial charge on any atom is -0.465 e. The van der Waals surface area contributed by atoms with Crippen molar-refractivity contribution in [2.75, 3.05) is 20.2 Å². The third-order valence-electron chi connectivity index (χ3n) is 3.73. The van der Waals surface area contributed by atoms with Crippen LogP contribution in [0.3, 0.4) is 0 Å². The van der Waals surface area contributed by atoms with E-state index in [1.165, 1.54) is 12.7 Å². The number of carbonyl (C=O) groups excluding carboxylic acids is 1. The highest BCUT2D eigenvalue weighted by Crippen LogP contribution is 2.16. The molecular formula is C19H24ClN3O3. The molecule has 2 rings (SSSR count). The van der Waals surface area contributed by atoms with Crippen LogP contribution in [-0.2, 0) is 17.7 Å². The number of benzene rings is 1. The summed E-state index contributed by atoms with van der Waals surface area (Å²) in [5.41, 5.74) is 1.63. The summed E-state index contributed by atoms with van der Waals surface area (Å²) in [6, 6.07) is 9.45. The van der Waals surface area contributed by atoms with E-state index in [1.54, 1.807) is 13.0 Å². The van der Waals surface area contributed by atoms with Crippen LogP contribution in [0.15, 0.2) is 39.7 Å². The average molecular weight is 378 g/mol. The zero-order valence-electron chi connectivity index (χ0n) is 15.3. The van der Waals surface area contributed by atoms with E-state index in [2.05, 4.69) is 15.6 Å². The SMILES string of the molecule is CCNC(=NCc1cc(C(=O)OC)c(C)o1)NCCc1ccc(Cl)cc1. The van der Waals surface area contributed by atoms with Crippen LogP contribution in [0.25, 0.3) is 0 Å². The summed E-state index contributed by atoms with van der Waals surface area (Å²) >= 11 is 5.90. The highest BCUT2D eigenvalue weighted by Gasteiger charge is 2.15. The summed E-state index contributed by atoms with van der Waals surface area (Å²) in [5.74, 6) is 1.42. The summed E-state index contributed by atoms with van der Waals surface area (Å²) < 4.78 is 10.3. The Kier molecular flexibility index (Phi) is 7.53. The van der Waals surface area contributed by atoms with Crippen LogP contribution in [0.5, 0.6) is 0 Å². The molecule has 2 N–H and O–H groups in total.